The predicted octanol–water partition coefficient (Wildman–Crippen LogP) is 2.48. The molecule has 0 aliphatic carbocycles. The minimum absolute atomic E-state index is 0.173. The molecule has 0 aliphatic rings. The lowest BCUT2D eigenvalue weighted by Gasteiger charge is -2.26. The molecule has 0 saturated carbocycles. The summed E-state index contributed by atoms with van der Waals surface area (Å²) < 4.78 is 5.58. The maximum absolute atomic E-state index is 10.2. The summed E-state index contributed by atoms with van der Waals surface area (Å²) in [5.41, 5.74) is 1.88. The lowest BCUT2D eigenvalue weighted by Crippen LogP contribution is -2.28. The second-order valence-corrected chi connectivity index (χ2v) is 4.40. The van der Waals surface area contributed by atoms with Gasteiger partial charge in [0.1, 0.15) is 6.10 Å². The largest absolute Gasteiger partial charge is 0.386 e. The fourth-order valence-corrected chi connectivity index (χ4v) is 1.77. The molecule has 1 heterocycles. The van der Waals surface area contributed by atoms with E-state index in [1.165, 1.54) is 0 Å². The molecule has 2 atom stereocenters. The highest BCUT2D eigenvalue weighted by atomic mass is 16.5. The maximum Gasteiger partial charge on any atom is 0.107 e. The third kappa shape index (κ3) is 3.29. The Bertz CT molecular complexity index is 325. The highest BCUT2D eigenvalue weighted by Crippen LogP contribution is 2.24. The number of aryl methyl sites for hydroxylation is 1. The van der Waals surface area contributed by atoms with E-state index in [4.69, 9.17) is 4.74 Å². The summed E-state index contributed by atoms with van der Waals surface area (Å²) in [7, 11) is 0. The molecule has 1 aromatic heterocycles. The molecule has 1 rings (SSSR count). The molecule has 16 heavy (non-hydrogen) atoms. The van der Waals surface area contributed by atoms with Crippen molar-refractivity contribution < 1.29 is 9.84 Å². The van der Waals surface area contributed by atoms with Crippen molar-refractivity contribution >= 4 is 0 Å². The number of hydrogen-bond acceptors (Lipinski definition) is 3. The zero-order chi connectivity index (χ0) is 12.1. The Morgan fingerprint density at radius 2 is 2.06 bits per heavy atom. The quantitative estimate of drug-likeness (QED) is 0.834. The van der Waals surface area contributed by atoms with Crippen molar-refractivity contribution in [1.29, 1.82) is 0 Å². The molecule has 0 bridgehead atoms. The van der Waals surface area contributed by atoms with Gasteiger partial charge < -0.3 is 9.84 Å². The van der Waals surface area contributed by atoms with E-state index in [0.717, 1.165) is 11.1 Å². The van der Waals surface area contributed by atoms with Gasteiger partial charge in [0, 0.05) is 24.6 Å². The second-order valence-electron chi connectivity index (χ2n) is 4.40. The third-order valence-electron chi connectivity index (χ3n) is 2.57. The Balaban J connectivity index is 2.85. The summed E-state index contributed by atoms with van der Waals surface area (Å²) >= 11 is 0. The summed E-state index contributed by atoms with van der Waals surface area (Å²) in [4.78, 5) is 4.09. The van der Waals surface area contributed by atoms with Gasteiger partial charge in [-0.15, -0.1) is 0 Å². The summed E-state index contributed by atoms with van der Waals surface area (Å²) in [5, 5.41) is 10.2. The molecule has 0 radical (unpaired) electrons. The third-order valence-corrected chi connectivity index (χ3v) is 2.57. The van der Waals surface area contributed by atoms with Crippen LogP contribution in [0.3, 0.4) is 0 Å². The molecular weight excluding hydrogens is 202 g/mol. The number of aliphatic hydroxyl groups is 1. The second kappa shape index (κ2) is 5.97. The Kier molecular flexibility index (Phi) is 4.90. The molecule has 1 N–H and O–H groups in total. The van der Waals surface area contributed by atoms with Crippen LogP contribution in [0.25, 0.3) is 0 Å². The number of nitrogens with zero attached hydrogens (tertiary/aromatic N) is 1. The van der Waals surface area contributed by atoms with Gasteiger partial charge in [-0.05, 0) is 25.3 Å². The lowest BCUT2D eigenvalue weighted by molar-refractivity contribution is -0.0586. The molecular formula is C13H21NO2. The molecule has 1 aromatic rings. The van der Waals surface area contributed by atoms with Gasteiger partial charge in [-0.1, -0.05) is 19.9 Å². The topological polar surface area (TPSA) is 42.4 Å². The number of hydrogen-bond donors (Lipinski definition) is 1. The van der Waals surface area contributed by atoms with Crippen molar-refractivity contribution in [3.63, 3.8) is 0 Å². The van der Waals surface area contributed by atoms with Crippen LogP contribution >= 0.6 is 0 Å². The van der Waals surface area contributed by atoms with E-state index >= 15 is 0 Å². The zero-order valence-corrected chi connectivity index (χ0v) is 10.5. The summed E-state index contributed by atoms with van der Waals surface area (Å²) in [6.45, 7) is 8.61. The first kappa shape index (κ1) is 13.1. The van der Waals surface area contributed by atoms with Gasteiger partial charge >= 0.3 is 0 Å². The molecule has 3 nitrogen and oxygen atoms in total. The molecule has 2 unspecified atom stereocenters. The molecule has 0 fully saturated rings. The van der Waals surface area contributed by atoms with Gasteiger partial charge in [0.15, 0.2) is 0 Å². The molecule has 0 saturated heterocycles. The van der Waals surface area contributed by atoms with Crippen LogP contribution in [0, 0.1) is 12.8 Å². The predicted molar refractivity (Wildman–Crippen MR) is 64.2 cm³/mol. The number of pyridine rings is 1. The van der Waals surface area contributed by atoms with E-state index in [-0.39, 0.29) is 12.0 Å². The SMILES string of the molecule is CCOC(C(C)C)C(O)c1cncc(C)c1. The van der Waals surface area contributed by atoms with Gasteiger partial charge in [0.2, 0.25) is 0 Å². The summed E-state index contributed by atoms with van der Waals surface area (Å²) in [5.74, 6) is 0.274. The standard InChI is InChI=1S/C13H21NO2/c1-5-16-13(9(2)3)12(15)11-6-10(4)7-14-8-11/h6-9,12-13,15H,5H2,1-4H3. The molecule has 0 amide bonds. The highest BCUT2D eigenvalue weighted by Gasteiger charge is 2.24. The first-order chi connectivity index (χ1) is 7.56. The van der Waals surface area contributed by atoms with E-state index < -0.39 is 6.10 Å². The average molecular weight is 223 g/mol. The molecule has 90 valence electrons. The average Bonchev–Trinajstić information content (AvgIpc) is 2.24. The van der Waals surface area contributed by atoms with Crippen LogP contribution in [0.5, 0.6) is 0 Å². The fraction of sp³-hybridized carbons (Fsp3) is 0.615. The lowest BCUT2D eigenvalue weighted by atomic mass is 9.96. The number of aromatic nitrogens is 1. The van der Waals surface area contributed by atoms with Crippen LogP contribution < -0.4 is 0 Å². The Hall–Kier alpha value is -0.930. The first-order valence-electron chi connectivity index (χ1n) is 5.77. The number of aliphatic hydroxyl groups excluding tert-OH is 1. The van der Waals surface area contributed by atoms with Gasteiger partial charge in [-0.3, -0.25) is 4.98 Å². The molecule has 3 heteroatoms. The monoisotopic (exact) mass is 223 g/mol. The van der Waals surface area contributed by atoms with Gasteiger partial charge in [-0.25, -0.2) is 0 Å². The summed E-state index contributed by atoms with van der Waals surface area (Å²) in [6, 6.07) is 1.95. The fourth-order valence-electron chi connectivity index (χ4n) is 1.77. The molecule has 0 spiro atoms. The van der Waals surface area contributed by atoms with Crippen molar-refractivity contribution in [3.05, 3.63) is 29.6 Å². The molecule has 0 aliphatic heterocycles. The van der Waals surface area contributed by atoms with Crippen LogP contribution in [0.2, 0.25) is 0 Å². The first-order valence-corrected chi connectivity index (χ1v) is 5.77. The van der Waals surface area contributed by atoms with Crippen LogP contribution in [0.15, 0.2) is 18.5 Å². The highest BCUT2D eigenvalue weighted by molar-refractivity contribution is 5.19. The Morgan fingerprint density at radius 1 is 1.38 bits per heavy atom. The van der Waals surface area contributed by atoms with Crippen molar-refractivity contribution in [2.24, 2.45) is 5.92 Å². The van der Waals surface area contributed by atoms with E-state index in [2.05, 4.69) is 4.98 Å². The zero-order valence-electron chi connectivity index (χ0n) is 10.5. The van der Waals surface area contributed by atoms with Crippen LogP contribution in [0.1, 0.15) is 38.0 Å². The maximum atomic E-state index is 10.2. The van der Waals surface area contributed by atoms with Crippen molar-refractivity contribution in [1.82, 2.24) is 4.98 Å². The van der Waals surface area contributed by atoms with Crippen LogP contribution in [-0.4, -0.2) is 22.8 Å². The van der Waals surface area contributed by atoms with Gasteiger partial charge in [0.05, 0.1) is 6.10 Å². The smallest absolute Gasteiger partial charge is 0.107 e. The number of ether oxygens (including phenoxy) is 1. The van der Waals surface area contributed by atoms with Crippen molar-refractivity contribution in [2.75, 3.05) is 6.61 Å². The van der Waals surface area contributed by atoms with Crippen LogP contribution in [-0.2, 0) is 4.74 Å². The minimum Gasteiger partial charge on any atom is -0.386 e. The van der Waals surface area contributed by atoms with Crippen molar-refractivity contribution in [2.45, 2.75) is 39.9 Å². The van der Waals surface area contributed by atoms with Crippen molar-refractivity contribution in [3.8, 4) is 0 Å². The van der Waals surface area contributed by atoms with E-state index in [1.54, 1.807) is 12.4 Å². The summed E-state index contributed by atoms with van der Waals surface area (Å²) in [6.07, 6.45) is 2.70. The van der Waals surface area contributed by atoms with E-state index in [9.17, 15) is 5.11 Å². The Labute approximate surface area is 97.5 Å². The minimum atomic E-state index is -0.604. The molecule has 0 aromatic carbocycles. The van der Waals surface area contributed by atoms with Gasteiger partial charge in [0.25, 0.3) is 0 Å². The normalized spacial score (nSPS) is 15.1. The van der Waals surface area contributed by atoms with Crippen LogP contribution in [0.4, 0.5) is 0 Å². The van der Waals surface area contributed by atoms with E-state index in [0.29, 0.717) is 6.61 Å². The number of rotatable bonds is 5. The Morgan fingerprint density at radius 3 is 2.56 bits per heavy atom. The van der Waals surface area contributed by atoms with E-state index in [1.807, 2.05) is 33.8 Å². The van der Waals surface area contributed by atoms with Gasteiger partial charge in [-0.2, -0.15) is 0 Å².